The summed E-state index contributed by atoms with van der Waals surface area (Å²) in [6.45, 7) is 9.41. The van der Waals surface area contributed by atoms with E-state index in [0.717, 1.165) is 25.4 Å². The first-order chi connectivity index (χ1) is 8.74. The van der Waals surface area contributed by atoms with Gasteiger partial charge in [0, 0.05) is 6.54 Å². The summed E-state index contributed by atoms with van der Waals surface area (Å²) in [4.78, 5) is 0. The number of unbranched alkanes of at least 4 members (excludes halogenated alkanes) is 2. The van der Waals surface area contributed by atoms with Crippen LogP contribution in [0.25, 0.3) is 0 Å². The van der Waals surface area contributed by atoms with Crippen LogP contribution in [-0.2, 0) is 0 Å². The van der Waals surface area contributed by atoms with Gasteiger partial charge < -0.3 is 10.1 Å². The Morgan fingerprint density at radius 1 is 1.06 bits per heavy atom. The summed E-state index contributed by atoms with van der Waals surface area (Å²) in [5.41, 5.74) is 1.36. The molecule has 102 valence electrons. The smallest absolute Gasteiger partial charge is 0.119 e. The molecule has 0 fully saturated rings. The largest absolute Gasteiger partial charge is 0.492 e. The Labute approximate surface area is 112 Å². The van der Waals surface area contributed by atoms with Gasteiger partial charge >= 0.3 is 0 Å². The lowest BCUT2D eigenvalue weighted by atomic mass is 10.0. The first kappa shape index (κ1) is 15.0. The maximum atomic E-state index is 5.68. The fourth-order valence-corrected chi connectivity index (χ4v) is 1.82. The third-order valence-corrected chi connectivity index (χ3v) is 3.05. The van der Waals surface area contributed by atoms with Crippen molar-refractivity contribution in [2.45, 2.75) is 46.0 Å². The van der Waals surface area contributed by atoms with Gasteiger partial charge in [-0.1, -0.05) is 45.7 Å². The average Bonchev–Trinajstić information content (AvgIpc) is 2.38. The molecule has 0 saturated carbocycles. The molecule has 2 nitrogen and oxygen atoms in total. The van der Waals surface area contributed by atoms with Crippen LogP contribution in [0.2, 0.25) is 0 Å². The number of nitrogens with one attached hydrogen (secondary N) is 1. The Hall–Kier alpha value is -1.02. The van der Waals surface area contributed by atoms with Crippen molar-refractivity contribution < 1.29 is 4.74 Å². The Kier molecular flexibility index (Phi) is 7.51. The van der Waals surface area contributed by atoms with Crippen LogP contribution in [0, 0.1) is 0 Å². The quantitative estimate of drug-likeness (QED) is 0.669. The van der Waals surface area contributed by atoms with Gasteiger partial charge in [0.25, 0.3) is 0 Å². The van der Waals surface area contributed by atoms with Crippen LogP contribution < -0.4 is 10.1 Å². The van der Waals surface area contributed by atoms with E-state index in [1.807, 2.05) is 0 Å². The van der Waals surface area contributed by atoms with Crippen LogP contribution in [-0.4, -0.2) is 19.7 Å². The van der Waals surface area contributed by atoms with Crippen LogP contribution >= 0.6 is 0 Å². The van der Waals surface area contributed by atoms with E-state index in [-0.39, 0.29) is 0 Å². The summed E-state index contributed by atoms with van der Waals surface area (Å²) >= 11 is 0. The number of rotatable bonds is 9. The molecule has 0 aliphatic rings. The zero-order chi connectivity index (χ0) is 13.2. The highest BCUT2D eigenvalue weighted by molar-refractivity contribution is 5.28. The van der Waals surface area contributed by atoms with Gasteiger partial charge in [-0.05, 0) is 36.6 Å². The van der Waals surface area contributed by atoms with Crippen LogP contribution in [0.5, 0.6) is 5.75 Å². The highest BCUT2D eigenvalue weighted by Gasteiger charge is 1.99. The van der Waals surface area contributed by atoms with E-state index in [1.165, 1.54) is 24.8 Å². The molecular weight excluding hydrogens is 222 g/mol. The lowest BCUT2D eigenvalue weighted by Crippen LogP contribution is -2.22. The van der Waals surface area contributed by atoms with Gasteiger partial charge in [-0.15, -0.1) is 0 Å². The van der Waals surface area contributed by atoms with Gasteiger partial charge in [-0.25, -0.2) is 0 Å². The van der Waals surface area contributed by atoms with Crippen molar-refractivity contribution in [2.75, 3.05) is 19.7 Å². The van der Waals surface area contributed by atoms with Crippen molar-refractivity contribution in [3.63, 3.8) is 0 Å². The lowest BCUT2D eigenvalue weighted by Gasteiger charge is -2.09. The van der Waals surface area contributed by atoms with E-state index in [4.69, 9.17) is 4.74 Å². The number of hydrogen-bond donors (Lipinski definition) is 1. The normalized spacial score (nSPS) is 10.9. The van der Waals surface area contributed by atoms with Gasteiger partial charge in [-0.3, -0.25) is 0 Å². The fourth-order valence-electron chi connectivity index (χ4n) is 1.82. The molecule has 0 aromatic heterocycles. The predicted octanol–water partition coefficient (Wildman–Crippen LogP) is 3.97. The number of benzene rings is 1. The van der Waals surface area contributed by atoms with Crippen molar-refractivity contribution in [2.24, 2.45) is 0 Å². The second-order valence-electron chi connectivity index (χ2n) is 5.03. The maximum Gasteiger partial charge on any atom is 0.119 e. The van der Waals surface area contributed by atoms with Crippen molar-refractivity contribution >= 4 is 0 Å². The summed E-state index contributed by atoms with van der Waals surface area (Å²) in [7, 11) is 0. The van der Waals surface area contributed by atoms with E-state index in [2.05, 4.69) is 50.4 Å². The average molecular weight is 249 g/mol. The zero-order valence-electron chi connectivity index (χ0n) is 12.0. The van der Waals surface area contributed by atoms with Gasteiger partial charge in [0.2, 0.25) is 0 Å². The van der Waals surface area contributed by atoms with Gasteiger partial charge in [0.05, 0.1) is 0 Å². The van der Waals surface area contributed by atoms with Crippen LogP contribution in [0.3, 0.4) is 0 Å². The molecule has 0 spiro atoms. The van der Waals surface area contributed by atoms with Gasteiger partial charge in [0.15, 0.2) is 0 Å². The van der Waals surface area contributed by atoms with Crippen molar-refractivity contribution in [1.82, 2.24) is 5.32 Å². The first-order valence-electron chi connectivity index (χ1n) is 7.17. The summed E-state index contributed by atoms with van der Waals surface area (Å²) in [5, 5.41) is 3.40. The minimum atomic E-state index is 0.583. The standard InChI is InChI=1S/C16H27NO/c1-4-5-6-11-17-12-13-18-16-9-7-15(8-10-16)14(2)3/h7-10,14,17H,4-6,11-13H2,1-3H3. The SMILES string of the molecule is CCCCCNCCOc1ccc(C(C)C)cc1. The molecule has 1 rings (SSSR count). The third kappa shape index (κ3) is 6.06. The molecule has 0 aliphatic heterocycles. The summed E-state index contributed by atoms with van der Waals surface area (Å²) in [5.74, 6) is 1.55. The highest BCUT2D eigenvalue weighted by atomic mass is 16.5. The molecule has 0 atom stereocenters. The molecule has 1 N–H and O–H groups in total. The Bertz CT molecular complexity index is 305. The fraction of sp³-hybridized carbons (Fsp3) is 0.625. The van der Waals surface area contributed by atoms with Crippen LogP contribution in [0.15, 0.2) is 24.3 Å². The van der Waals surface area contributed by atoms with E-state index in [9.17, 15) is 0 Å². The molecule has 2 heteroatoms. The molecule has 18 heavy (non-hydrogen) atoms. The molecule has 0 unspecified atom stereocenters. The molecule has 0 amide bonds. The third-order valence-electron chi connectivity index (χ3n) is 3.05. The first-order valence-corrected chi connectivity index (χ1v) is 7.17. The van der Waals surface area contributed by atoms with E-state index in [1.54, 1.807) is 0 Å². The number of hydrogen-bond acceptors (Lipinski definition) is 2. The second-order valence-corrected chi connectivity index (χ2v) is 5.03. The molecule has 0 radical (unpaired) electrons. The Balaban J connectivity index is 2.12. The zero-order valence-corrected chi connectivity index (χ0v) is 12.0. The maximum absolute atomic E-state index is 5.68. The van der Waals surface area contributed by atoms with E-state index >= 15 is 0 Å². The Morgan fingerprint density at radius 3 is 2.39 bits per heavy atom. The van der Waals surface area contributed by atoms with Crippen molar-refractivity contribution in [1.29, 1.82) is 0 Å². The predicted molar refractivity (Wildman–Crippen MR) is 78.4 cm³/mol. The highest BCUT2D eigenvalue weighted by Crippen LogP contribution is 2.18. The van der Waals surface area contributed by atoms with Crippen LogP contribution in [0.4, 0.5) is 0 Å². The van der Waals surface area contributed by atoms with E-state index < -0.39 is 0 Å². The molecule has 0 bridgehead atoms. The van der Waals surface area contributed by atoms with Gasteiger partial charge in [-0.2, -0.15) is 0 Å². The molecular formula is C16H27NO. The molecule has 0 aliphatic carbocycles. The topological polar surface area (TPSA) is 21.3 Å². The Morgan fingerprint density at radius 2 is 1.78 bits per heavy atom. The molecule has 1 aromatic rings. The van der Waals surface area contributed by atoms with Crippen molar-refractivity contribution in [3.8, 4) is 5.75 Å². The van der Waals surface area contributed by atoms with Crippen LogP contribution in [0.1, 0.15) is 51.5 Å². The summed E-state index contributed by atoms with van der Waals surface area (Å²) in [6.07, 6.45) is 3.85. The van der Waals surface area contributed by atoms with E-state index in [0.29, 0.717) is 5.92 Å². The molecule has 0 saturated heterocycles. The molecule has 1 aromatic carbocycles. The molecule has 0 heterocycles. The summed E-state index contributed by atoms with van der Waals surface area (Å²) < 4.78 is 5.68. The monoisotopic (exact) mass is 249 g/mol. The van der Waals surface area contributed by atoms with Gasteiger partial charge in [0.1, 0.15) is 12.4 Å². The lowest BCUT2D eigenvalue weighted by molar-refractivity contribution is 0.313. The minimum Gasteiger partial charge on any atom is -0.492 e. The minimum absolute atomic E-state index is 0.583. The second kappa shape index (κ2) is 8.98. The van der Waals surface area contributed by atoms with Crippen molar-refractivity contribution in [3.05, 3.63) is 29.8 Å². The summed E-state index contributed by atoms with van der Waals surface area (Å²) in [6, 6.07) is 8.42. The number of ether oxygens (including phenoxy) is 1.